The third-order valence-electron chi connectivity index (χ3n) is 3.94. The van der Waals surface area contributed by atoms with Gasteiger partial charge in [-0.15, -0.1) is 0 Å². The van der Waals surface area contributed by atoms with Gasteiger partial charge in [-0.25, -0.2) is 0 Å². The van der Waals surface area contributed by atoms with Crippen LogP contribution in [0.25, 0.3) is 0 Å². The molecule has 0 saturated carbocycles. The van der Waals surface area contributed by atoms with Gasteiger partial charge in [0.2, 0.25) is 5.91 Å². The third-order valence-corrected chi connectivity index (χ3v) is 3.94. The van der Waals surface area contributed by atoms with Crippen LogP contribution >= 0.6 is 0 Å². The van der Waals surface area contributed by atoms with Crippen LogP contribution in [0.15, 0.2) is 18.2 Å². The van der Waals surface area contributed by atoms with Gasteiger partial charge in [0.1, 0.15) is 0 Å². The molecule has 1 atom stereocenters. The number of nitrogens with one attached hydrogen (secondary N) is 2. The summed E-state index contributed by atoms with van der Waals surface area (Å²) in [5, 5.41) is 6.36. The largest absolute Gasteiger partial charge is 0.378 e. The number of hydrogen-bond acceptors (Lipinski definition) is 3. The Bertz CT molecular complexity index is 465. The normalized spacial score (nSPS) is 18.1. The molecule has 110 valence electrons. The van der Waals surface area contributed by atoms with Crippen LogP contribution < -0.4 is 15.5 Å². The number of amides is 1. The monoisotopic (exact) mass is 275 g/mol. The first-order chi connectivity index (χ1) is 9.56. The average Bonchev–Trinajstić information content (AvgIpc) is 2.91. The second kappa shape index (κ2) is 6.75. The molecule has 1 aromatic rings. The zero-order valence-corrected chi connectivity index (χ0v) is 12.7. The minimum atomic E-state index is 0.123. The van der Waals surface area contributed by atoms with Gasteiger partial charge < -0.3 is 15.5 Å². The van der Waals surface area contributed by atoms with Crippen LogP contribution in [-0.2, 0) is 4.79 Å². The molecule has 0 aliphatic carbocycles. The summed E-state index contributed by atoms with van der Waals surface area (Å²) in [4.78, 5) is 14.1. The van der Waals surface area contributed by atoms with E-state index in [1.54, 1.807) is 0 Å². The van der Waals surface area contributed by atoms with E-state index in [1.165, 1.54) is 6.42 Å². The Hall–Kier alpha value is -1.55. The standard InChI is InChI=1S/C16H25N3O/c1-12-10-14(19(2)3)5-6-15(12)18-16(20)7-4-13-8-9-17-11-13/h5-6,10,13,17H,4,7-9,11H2,1-3H3,(H,18,20). The molecule has 1 unspecified atom stereocenters. The van der Waals surface area contributed by atoms with Crippen LogP contribution in [0, 0.1) is 12.8 Å². The zero-order valence-electron chi connectivity index (χ0n) is 12.7. The first kappa shape index (κ1) is 14.9. The van der Waals surface area contributed by atoms with E-state index in [-0.39, 0.29) is 5.91 Å². The summed E-state index contributed by atoms with van der Waals surface area (Å²) in [6.45, 7) is 4.19. The molecule has 1 amide bonds. The Balaban J connectivity index is 1.87. The number of hydrogen-bond donors (Lipinski definition) is 2. The van der Waals surface area contributed by atoms with Gasteiger partial charge in [0.25, 0.3) is 0 Å². The molecular weight excluding hydrogens is 250 g/mol. The van der Waals surface area contributed by atoms with Crippen molar-refractivity contribution in [1.82, 2.24) is 5.32 Å². The number of carbonyl (C=O) groups excluding carboxylic acids is 1. The molecule has 0 spiro atoms. The predicted octanol–water partition coefficient (Wildman–Crippen LogP) is 2.39. The van der Waals surface area contributed by atoms with Gasteiger partial charge in [0.15, 0.2) is 0 Å². The van der Waals surface area contributed by atoms with Crippen LogP contribution in [0.2, 0.25) is 0 Å². The number of carbonyl (C=O) groups is 1. The Morgan fingerprint density at radius 3 is 2.85 bits per heavy atom. The van der Waals surface area contributed by atoms with Crippen molar-refractivity contribution in [2.45, 2.75) is 26.2 Å². The summed E-state index contributed by atoms with van der Waals surface area (Å²) < 4.78 is 0. The lowest BCUT2D eigenvalue weighted by Crippen LogP contribution is -2.16. The van der Waals surface area contributed by atoms with Crippen LogP contribution in [0.1, 0.15) is 24.8 Å². The minimum absolute atomic E-state index is 0.123. The highest BCUT2D eigenvalue weighted by Gasteiger charge is 2.16. The molecule has 4 heteroatoms. The van der Waals surface area contributed by atoms with E-state index in [0.29, 0.717) is 12.3 Å². The Labute approximate surface area is 121 Å². The SMILES string of the molecule is Cc1cc(N(C)C)ccc1NC(=O)CCC1CCNC1. The van der Waals surface area contributed by atoms with Crippen molar-refractivity contribution in [3.8, 4) is 0 Å². The second-order valence-electron chi connectivity index (χ2n) is 5.84. The van der Waals surface area contributed by atoms with Crippen molar-refractivity contribution in [2.24, 2.45) is 5.92 Å². The first-order valence-corrected chi connectivity index (χ1v) is 7.35. The Morgan fingerprint density at radius 2 is 2.25 bits per heavy atom. The number of aryl methyl sites for hydroxylation is 1. The van der Waals surface area contributed by atoms with E-state index in [4.69, 9.17) is 0 Å². The molecule has 1 aliphatic rings. The van der Waals surface area contributed by atoms with Crippen molar-refractivity contribution >= 4 is 17.3 Å². The molecule has 1 aromatic carbocycles. The predicted molar refractivity (Wildman–Crippen MR) is 84.3 cm³/mol. The molecule has 2 N–H and O–H groups in total. The van der Waals surface area contributed by atoms with Gasteiger partial charge in [-0.1, -0.05) is 0 Å². The summed E-state index contributed by atoms with van der Waals surface area (Å²) in [5.74, 6) is 0.788. The van der Waals surface area contributed by atoms with E-state index in [2.05, 4.69) is 21.6 Å². The number of rotatable bonds is 5. The number of anilines is 2. The van der Waals surface area contributed by atoms with E-state index in [0.717, 1.165) is 36.4 Å². The maximum Gasteiger partial charge on any atom is 0.224 e. The van der Waals surface area contributed by atoms with Crippen LogP contribution in [-0.4, -0.2) is 33.1 Å². The lowest BCUT2D eigenvalue weighted by atomic mass is 10.0. The lowest BCUT2D eigenvalue weighted by Gasteiger charge is -2.16. The quantitative estimate of drug-likeness (QED) is 0.867. The fourth-order valence-corrected chi connectivity index (χ4v) is 2.58. The molecule has 1 heterocycles. The van der Waals surface area contributed by atoms with Gasteiger partial charge >= 0.3 is 0 Å². The molecule has 2 rings (SSSR count). The summed E-state index contributed by atoms with van der Waals surface area (Å²) in [6.07, 6.45) is 2.79. The second-order valence-corrected chi connectivity index (χ2v) is 5.84. The molecule has 1 aliphatic heterocycles. The third kappa shape index (κ3) is 3.97. The molecule has 4 nitrogen and oxygen atoms in total. The van der Waals surface area contributed by atoms with Crippen LogP contribution in [0.4, 0.5) is 11.4 Å². The maximum absolute atomic E-state index is 12.0. The van der Waals surface area contributed by atoms with Gasteiger partial charge in [0.05, 0.1) is 0 Å². The van der Waals surface area contributed by atoms with Crippen molar-refractivity contribution in [2.75, 3.05) is 37.4 Å². The minimum Gasteiger partial charge on any atom is -0.378 e. The van der Waals surface area contributed by atoms with Crippen molar-refractivity contribution in [3.63, 3.8) is 0 Å². The van der Waals surface area contributed by atoms with Gasteiger partial charge in [-0.2, -0.15) is 0 Å². The van der Waals surface area contributed by atoms with E-state index in [1.807, 2.05) is 33.2 Å². The summed E-state index contributed by atoms with van der Waals surface area (Å²) in [7, 11) is 4.03. The van der Waals surface area contributed by atoms with Gasteiger partial charge in [0, 0.05) is 31.9 Å². The van der Waals surface area contributed by atoms with E-state index in [9.17, 15) is 4.79 Å². The smallest absolute Gasteiger partial charge is 0.224 e. The highest BCUT2D eigenvalue weighted by atomic mass is 16.1. The number of benzene rings is 1. The van der Waals surface area contributed by atoms with Crippen LogP contribution in [0.3, 0.4) is 0 Å². The Kier molecular flexibility index (Phi) is 5.01. The van der Waals surface area contributed by atoms with Gasteiger partial charge in [-0.3, -0.25) is 4.79 Å². The van der Waals surface area contributed by atoms with Crippen molar-refractivity contribution in [3.05, 3.63) is 23.8 Å². The van der Waals surface area contributed by atoms with E-state index < -0.39 is 0 Å². The highest BCUT2D eigenvalue weighted by Crippen LogP contribution is 2.22. The molecule has 20 heavy (non-hydrogen) atoms. The van der Waals surface area contributed by atoms with E-state index >= 15 is 0 Å². The molecule has 1 saturated heterocycles. The van der Waals surface area contributed by atoms with Gasteiger partial charge in [-0.05, 0) is 62.5 Å². The molecule has 0 radical (unpaired) electrons. The first-order valence-electron chi connectivity index (χ1n) is 7.35. The summed E-state index contributed by atoms with van der Waals surface area (Å²) in [6, 6.07) is 6.11. The Morgan fingerprint density at radius 1 is 1.45 bits per heavy atom. The molecule has 0 aromatic heterocycles. The zero-order chi connectivity index (χ0) is 14.5. The molecule has 0 bridgehead atoms. The number of nitrogens with zero attached hydrogens (tertiary/aromatic N) is 1. The van der Waals surface area contributed by atoms with Crippen LogP contribution in [0.5, 0.6) is 0 Å². The topological polar surface area (TPSA) is 44.4 Å². The van der Waals surface area contributed by atoms with Crippen molar-refractivity contribution < 1.29 is 4.79 Å². The fraction of sp³-hybridized carbons (Fsp3) is 0.562. The fourth-order valence-electron chi connectivity index (χ4n) is 2.58. The van der Waals surface area contributed by atoms with Crippen molar-refractivity contribution in [1.29, 1.82) is 0 Å². The molecule has 1 fully saturated rings. The maximum atomic E-state index is 12.0. The highest BCUT2D eigenvalue weighted by molar-refractivity contribution is 5.91. The average molecular weight is 275 g/mol. The summed E-state index contributed by atoms with van der Waals surface area (Å²) in [5.41, 5.74) is 3.18. The molecular formula is C16H25N3O. The lowest BCUT2D eigenvalue weighted by molar-refractivity contribution is -0.116. The summed E-state index contributed by atoms with van der Waals surface area (Å²) >= 11 is 0.